The number of hydrogen-bond donors (Lipinski definition) is 1. The average Bonchev–Trinajstić information content (AvgIpc) is 3.10. The van der Waals surface area contributed by atoms with Crippen LogP contribution in [-0.4, -0.2) is 22.3 Å². The second-order valence-electron chi connectivity index (χ2n) is 7.05. The van der Waals surface area contributed by atoms with Gasteiger partial charge in [0.15, 0.2) is 0 Å². The van der Waals surface area contributed by atoms with Crippen LogP contribution in [0.2, 0.25) is 0 Å². The molecule has 0 spiro atoms. The Morgan fingerprint density at radius 3 is 2.74 bits per heavy atom. The highest BCUT2D eigenvalue weighted by Gasteiger charge is 2.17. The van der Waals surface area contributed by atoms with Crippen LogP contribution in [0.4, 0.5) is 5.69 Å². The van der Waals surface area contributed by atoms with E-state index in [-0.39, 0.29) is 5.91 Å². The van der Waals surface area contributed by atoms with Crippen molar-refractivity contribution in [1.29, 1.82) is 0 Å². The summed E-state index contributed by atoms with van der Waals surface area (Å²) in [7, 11) is 0. The molecule has 3 aromatic rings. The molecule has 0 saturated heterocycles. The van der Waals surface area contributed by atoms with Crippen LogP contribution in [0, 0.1) is 6.92 Å². The van der Waals surface area contributed by atoms with E-state index in [1.807, 2.05) is 31.2 Å². The summed E-state index contributed by atoms with van der Waals surface area (Å²) in [6.45, 7) is 4.89. The molecule has 1 aliphatic heterocycles. The predicted octanol–water partition coefficient (Wildman–Crippen LogP) is 4.19. The zero-order valence-electron chi connectivity index (χ0n) is 15.4. The van der Waals surface area contributed by atoms with Gasteiger partial charge in [-0.15, -0.1) is 11.3 Å². The van der Waals surface area contributed by atoms with Gasteiger partial charge in [-0.3, -0.25) is 9.69 Å². The van der Waals surface area contributed by atoms with E-state index in [0.717, 1.165) is 42.4 Å². The maximum Gasteiger partial charge on any atom is 0.231 e. The first-order chi connectivity index (χ1) is 13.2. The fraction of sp³-hybridized carbons (Fsp3) is 0.273. The molecule has 2 heterocycles. The summed E-state index contributed by atoms with van der Waals surface area (Å²) in [5, 5.41) is 5.88. The number of benzene rings is 2. The molecule has 0 atom stereocenters. The number of carbonyl (C=O) groups is 1. The highest BCUT2D eigenvalue weighted by atomic mass is 32.1. The number of rotatable bonds is 5. The largest absolute Gasteiger partial charge is 0.326 e. The first-order valence-electron chi connectivity index (χ1n) is 9.25. The Labute approximate surface area is 163 Å². The minimum atomic E-state index is -0.0216. The van der Waals surface area contributed by atoms with Gasteiger partial charge in [0.2, 0.25) is 5.91 Å². The Balaban J connectivity index is 1.32. The summed E-state index contributed by atoms with van der Waals surface area (Å²) in [6, 6.07) is 16.5. The molecule has 1 aliphatic rings. The number of aryl methyl sites for hydroxylation is 1. The molecule has 0 unspecified atom stereocenters. The van der Waals surface area contributed by atoms with E-state index in [1.54, 1.807) is 11.3 Å². The summed E-state index contributed by atoms with van der Waals surface area (Å²) in [5.74, 6) is -0.0216. The molecule has 5 heteroatoms. The van der Waals surface area contributed by atoms with Crippen LogP contribution >= 0.6 is 11.3 Å². The van der Waals surface area contributed by atoms with Gasteiger partial charge >= 0.3 is 0 Å². The van der Waals surface area contributed by atoms with E-state index in [9.17, 15) is 4.79 Å². The first kappa shape index (κ1) is 17.9. The lowest BCUT2D eigenvalue weighted by Gasteiger charge is -2.27. The number of fused-ring (bicyclic) bond motifs is 1. The van der Waals surface area contributed by atoms with Crippen LogP contribution in [0.3, 0.4) is 0 Å². The monoisotopic (exact) mass is 377 g/mol. The van der Waals surface area contributed by atoms with Crippen molar-refractivity contribution in [2.24, 2.45) is 0 Å². The van der Waals surface area contributed by atoms with E-state index < -0.39 is 0 Å². The summed E-state index contributed by atoms with van der Waals surface area (Å²) >= 11 is 1.57. The number of nitrogens with one attached hydrogen (secondary N) is 1. The number of hydrogen-bond acceptors (Lipinski definition) is 4. The lowest BCUT2D eigenvalue weighted by atomic mass is 10.00. The highest BCUT2D eigenvalue weighted by Crippen LogP contribution is 2.21. The lowest BCUT2D eigenvalue weighted by molar-refractivity contribution is -0.115. The molecule has 1 N–H and O–H groups in total. The summed E-state index contributed by atoms with van der Waals surface area (Å²) < 4.78 is 0. The summed E-state index contributed by atoms with van der Waals surface area (Å²) in [4.78, 5) is 19.3. The molecular weight excluding hydrogens is 354 g/mol. The van der Waals surface area contributed by atoms with E-state index >= 15 is 0 Å². The van der Waals surface area contributed by atoms with Gasteiger partial charge in [0.05, 0.1) is 12.1 Å². The molecule has 0 bridgehead atoms. The topological polar surface area (TPSA) is 45.2 Å². The van der Waals surface area contributed by atoms with Gasteiger partial charge in [-0.25, -0.2) is 4.98 Å². The van der Waals surface area contributed by atoms with Crippen molar-refractivity contribution < 1.29 is 4.79 Å². The van der Waals surface area contributed by atoms with Crippen molar-refractivity contribution in [2.45, 2.75) is 32.9 Å². The third-order valence-electron chi connectivity index (χ3n) is 4.84. The molecule has 4 nitrogen and oxygen atoms in total. The quantitative estimate of drug-likeness (QED) is 0.725. The van der Waals surface area contributed by atoms with Crippen LogP contribution < -0.4 is 5.32 Å². The van der Waals surface area contributed by atoms with Crippen molar-refractivity contribution in [3.05, 3.63) is 81.3 Å². The number of aromatic nitrogens is 1. The maximum absolute atomic E-state index is 12.2. The second kappa shape index (κ2) is 8.03. The molecule has 0 saturated carbocycles. The number of nitrogens with zero attached hydrogens (tertiary/aromatic N) is 2. The zero-order valence-corrected chi connectivity index (χ0v) is 16.3. The first-order valence-corrected chi connectivity index (χ1v) is 10.1. The Kier molecular flexibility index (Phi) is 5.32. The minimum absolute atomic E-state index is 0.0216. The van der Waals surface area contributed by atoms with Gasteiger partial charge in [0, 0.05) is 30.7 Å². The minimum Gasteiger partial charge on any atom is -0.326 e. The Bertz CT molecular complexity index is 933. The van der Waals surface area contributed by atoms with Crippen molar-refractivity contribution in [1.82, 2.24) is 9.88 Å². The van der Waals surface area contributed by atoms with Crippen LogP contribution in [0.25, 0.3) is 0 Å². The summed E-state index contributed by atoms with van der Waals surface area (Å²) in [5.41, 5.74) is 5.93. The van der Waals surface area contributed by atoms with Gasteiger partial charge in [0.1, 0.15) is 5.01 Å². The second-order valence-corrected chi connectivity index (χ2v) is 8.00. The van der Waals surface area contributed by atoms with Gasteiger partial charge in [-0.05, 0) is 36.6 Å². The van der Waals surface area contributed by atoms with Gasteiger partial charge in [0.25, 0.3) is 0 Å². The van der Waals surface area contributed by atoms with Crippen molar-refractivity contribution >= 4 is 22.9 Å². The third kappa shape index (κ3) is 4.62. The van der Waals surface area contributed by atoms with E-state index in [2.05, 4.69) is 44.8 Å². The van der Waals surface area contributed by atoms with Crippen molar-refractivity contribution in [3.8, 4) is 0 Å². The zero-order chi connectivity index (χ0) is 18.6. The predicted molar refractivity (Wildman–Crippen MR) is 110 cm³/mol. The van der Waals surface area contributed by atoms with Crippen LogP contribution in [-0.2, 0) is 30.7 Å². The molecule has 1 aromatic heterocycles. The Hall–Kier alpha value is -2.50. The van der Waals surface area contributed by atoms with Crippen molar-refractivity contribution in [2.75, 3.05) is 11.9 Å². The molecule has 0 aliphatic carbocycles. The third-order valence-corrected chi connectivity index (χ3v) is 5.74. The highest BCUT2D eigenvalue weighted by molar-refractivity contribution is 7.09. The fourth-order valence-corrected chi connectivity index (χ4v) is 4.18. The molecule has 0 fully saturated rings. The molecule has 1 amide bonds. The van der Waals surface area contributed by atoms with Gasteiger partial charge in [-0.2, -0.15) is 0 Å². The van der Waals surface area contributed by atoms with Crippen molar-refractivity contribution in [3.63, 3.8) is 0 Å². The smallest absolute Gasteiger partial charge is 0.231 e. The number of carbonyl (C=O) groups excluding carboxylic acids is 1. The van der Waals surface area contributed by atoms with E-state index in [4.69, 9.17) is 0 Å². The molecule has 4 rings (SSSR count). The van der Waals surface area contributed by atoms with Gasteiger partial charge in [-0.1, -0.05) is 42.0 Å². The van der Waals surface area contributed by atoms with E-state index in [0.29, 0.717) is 6.42 Å². The van der Waals surface area contributed by atoms with Crippen LogP contribution in [0.15, 0.2) is 53.9 Å². The molecule has 138 valence electrons. The Morgan fingerprint density at radius 1 is 1.15 bits per heavy atom. The lowest BCUT2D eigenvalue weighted by Crippen LogP contribution is -2.30. The molecule has 2 aromatic carbocycles. The summed E-state index contributed by atoms with van der Waals surface area (Å²) in [6.07, 6.45) is 1.41. The molecular formula is C22H23N3OS. The fourth-order valence-electron chi connectivity index (χ4n) is 3.40. The van der Waals surface area contributed by atoms with Crippen LogP contribution in [0.5, 0.6) is 0 Å². The number of amides is 1. The normalized spacial score (nSPS) is 14.0. The maximum atomic E-state index is 12.2. The van der Waals surface area contributed by atoms with E-state index in [1.165, 1.54) is 16.7 Å². The number of anilines is 1. The average molecular weight is 378 g/mol. The standard InChI is InChI=1S/C22H23N3OS/c1-16-6-8-19(9-7-16)23-21(26)12-22-24-20(15-27-22)14-25-11-10-17-4-2-3-5-18(17)13-25/h2-9,15H,10-14H2,1H3,(H,23,26). The van der Waals surface area contributed by atoms with Gasteiger partial charge < -0.3 is 5.32 Å². The molecule has 0 radical (unpaired) electrons. The number of thiazole rings is 1. The SMILES string of the molecule is Cc1ccc(NC(=O)Cc2nc(CN3CCc4ccccc4C3)cs2)cc1. The molecule has 27 heavy (non-hydrogen) atoms. The Morgan fingerprint density at radius 2 is 1.93 bits per heavy atom. The van der Waals surface area contributed by atoms with Crippen LogP contribution in [0.1, 0.15) is 27.4 Å².